The second-order valence-corrected chi connectivity index (χ2v) is 4.23. The Balaban J connectivity index is 2.09. The largest absolute Gasteiger partial charge is 0.481 e. The molecular formula is C11H9FN2O5. The fourth-order valence-electron chi connectivity index (χ4n) is 1.74. The zero-order valence-corrected chi connectivity index (χ0v) is 9.50. The Morgan fingerprint density at radius 1 is 1.37 bits per heavy atom. The summed E-state index contributed by atoms with van der Waals surface area (Å²) in [6.45, 7) is 0. The van der Waals surface area contributed by atoms with Crippen molar-refractivity contribution in [2.45, 2.75) is 6.42 Å². The number of nitro benzene ring substituents is 1. The van der Waals surface area contributed by atoms with Crippen LogP contribution in [-0.4, -0.2) is 21.9 Å². The van der Waals surface area contributed by atoms with Gasteiger partial charge in [0.05, 0.1) is 28.5 Å². The number of amides is 1. The molecule has 0 aliphatic heterocycles. The Labute approximate surface area is 106 Å². The Morgan fingerprint density at radius 3 is 2.58 bits per heavy atom. The first kappa shape index (κ1) is 12.9. The first-order valence-corrected chi connectivity index (χ1v) is 5.37. The van der Waals surface area contributed by atoms with Gasteiger partial charge >= 0.3 is 5.97 Å². The van der Waals surface area contributed by atoms with E-state index in [1.165, 1.54) is 0 Å². The zero-order valence-electron chi connectivity index (χ0n) is 9.50. The second kappa shape index (κ2) is 4.63. The fourth-order valence-corrected chi connectivity index (χ4v) is 1.74. The van der Waals surface area contributed by atoms with Crippen LogP contribution in [0.2, 0.25) is 0 Å². The molecule has 0 radical (unpaired) electrons. The predicted octanol–water partition coefficient (Wildman–Crippen LogP) is 1.39. The van der Waals surface area contributed by atoms with E-state index in [-0.39, 0.29) is 12.1 Å². The quantitative estimate of drug-likeness (QED) is 0.633. The summed E-state index contributed by atoms with van der Waals surface area (Å²) >= 11 is 0. The Hall–Kier alpha value is -2.51. The number of nitro groups is 1. The number of carboxylic acid groups (broad SMARTS) is 1. The van der Waals surface area contributed by atoms with E-state index in [1.807, 2.05) is 0 Å². The third kappa shape index (κ3) is 2.84. The van der Waals surface area contributed by atoms with Crippen LogP contribution in [0.4, 0.5) is 15.8 Å². The van der Waals surface area contributed by atoms with Gasteiger partial charge in [-0.15, -0.1) is 0 Å². The maximum Gasteiger partial charge on any atom is 0.307 e. The van der Waals surface area contributed by atoms with Crippen molar-refractivity contribution >= 4 is 23.3 Å². The number of nitrogens with zero attached hydrogens (tertiary/aromatic N) is 1. The highest BCUT2D eigenvalue weighted by atomic mass is 19.1. The number of carbonyl (C=O) groups excluding carboxylic acids is 1. The predicted molar refractivity (Wildman–Crippen MR) is 60.9 cm³/mol. The van der Waals surface area contributed by atoms with Gasteiger partial charge in [-0.3, -0.25) is 19.7 Å². The van der Waals surface area contributed by atoms with Crippen molar-refractivity contribution in [1.82, 2.24) is 0 Å². The average Bonchev–Trinajstić information content (AvgIpc) is 3.07. The van der Waals surface area contributed by atoms with Crippen LogP contribution < -0.4 is 5.32 Å². The zero-order chi connectivity index (χ0) is 14.2. The molecule has 19 heavy (non-hydrogen) atoms. The second-order valence-electron chi connectivity index (χ2n) is 4.23. The summed E-state index contributed by atoms with van der Waals surface area (Å²) in [5.74, 6) is -3.89. The normalized spacial score (nSPS) is 20.7. The van der Waals surface area contributed by atoms with E-state index in [1.54, 1.807) is 0 Å². The number of non-ortho nitro benzene ring substituents is 1. The molecular weight excluding hydrogens is 259 g/mol. The number of carbonyl (C=O) groups is 2. The molecule has 1 amide bonds. The standard InChI is InChI=1S/C11H9FN2O5/c12-5-1-6(3-7(2-5)14(18)19)13-10(15)8-4-9(8)11(16)17/h1-3,8-9H,4H2,(H,13,15)(H,16,17)/t8-,9+/m1/s1. The average molecular weight is 268 g/mol. The molecule has 1 aromatic rings. The summed E-state index contributed by atoms with van der Waals surface area (Å²) in [6, 6.07) is 2.68. The van der Waals surface area contributed by atoms with Crippen molar-refractivity contribution in [3.05, 3.63) is 34.1 Å². The third-order valence-electron chi connectivity index (χ3n) is 2.81. The molecule has 0 saturated heterocycles. The van der Waals surface area contributed by atoms with Gasteiger partial charge in [-0.2, -0.15) is 0 Å². The number of nitrogens with one attached hydrogen (secondary N) is 1. The number of halogens is 1. The van der Waals surface area contributed by atoms with E-state index >= 15 is 0 Å². The molecule has 2 atom stereocenters. The highest BCUT2D eigenvalue weighted by Crippen LogP contribution is 2.39. The summed E-state index contributed by atoms with van der Waals surface area (Å²) in [5.41, 5.74) is -0.548. The lowest BCUT2D eigenvalue weighted by Crippen LogP contribution is -2.17. The maximum atomic E-state index is 13.1. The van der Waals surface area contributed by atoms with Gasteiger partial charge in [0.2, 0.25) is 5.91 Å². The molecule has 0 heterocycles. The van der Waals surface area contributed by atoms with Crippen molar-refractivity contribution in [3.8, 4) is 0 Å². The summed E-state index contributed by atoms with van der Waals surface area (Å²) in [4.78, 5) is 32.0. The Bertz CT molecular complexity index is 574. The molecule has 0 unspecified atom stereocenters. The summed E-state index contributed by atoms with van der Waals surface area (Å²) in [6.07, 6.45) is 0.221. The Kier molecular flexibility index (Phi) is 3.16. The van der Waals surface area contributed by atoms with Gasteiger partial charge in [0.15, 0.2) is 0 Å². The number of carboxylic acids is 1. The summed E-state index contributed by atoms with van der Waals surface area (Å²) in [7, 11) is 0. The van der Waals surface area contributed by atoms with E-state index in [0.29, 0.717) is 0 Å². The van der Waals surface area contributed by atoms with Crippen LogP contribution in [0.1, 0.15) is 6.42 Å². The van der Waals surface area contributed by atoms with Crippen LogP contribution in [0.3, 0.4) is 0 Å². The fraction of sp³-hybridized carbons (Fsp3) is 0.273. The molecule has 1 fully saturated rings. The van der Waals surface area contributed by atoms with E-state index in [4.69, 9.17) is 5.11 Å². The molecule has 2 N–H and O–H groups in total. The van der Waals surface area contributed by atoms with Crippen LogP contribution in [0.25, 0.3) is 0 Å². The van der Waals surface area contributed by atoms with Crippen molar-refractivity contribution in [2.75, 3.05) is 5.32 Å². The van der Waals surface area contributed by atoms with Gasteiger partial charge in [-0.05, 0) is 12.5 Å². The molecule has 8 heteroatoms. The van der Waals surface area contributed by atoms with E-state index in [0.717, 1.165) is 18.2 Å². The molecule has 0 aromatic heterocycles. The van der Waals surface area contributed by atoms with Crippen LogP contribution in [0, 0.1) is 27.8 Å². The van der Waals surface area contributed by atoms with E-state index in [9.17, 15) is 24.1 Å². The van der Waals surface area contributed by atoms with E-state index < -0.39 is 40.1 Å². The van der Waals surface area contributed by atoms with Crippen molar-refractivity contribution in [3.63, 3.8) is 0 Å². The number of hydrogen-bond acceptors (Lipinski definition) is 4. The molecule has 7 nitrogen and oxygen atoms in total. The number of hydrogen-bond donors (Lipinski definition) is 2. The first-order valence-electron chi connectivity index (χ1n) is 5.37. The molecule has 1 saturated carbocycles. The number of anilines is 1. The smallest absolute Gasteiger partial charge is 0.307 e. The van der Waals surface area contributed by atoms with Gasteiger partial charge in [0.25, 0.3) is 5.69 Å². The molecule has 1 aromatic carbocycles. The molecule has 1 aliphatic rings. The van der Waals surface area contributed by atoms with Crippen LogP contribution in [0.15, 0.2) is 18.2 Å². The topological polar surface area (TPSA) is 110 Å². The monoisotopic (exact) mass is 268 g/mol. The molecule has 0 spiro atoms. The lowest BCUT2D eigenvalue weighted by Gasteiger charge is -2.04. The van der Waals surface area contributed by atoms with Crippen LogP contribution in [-0.2, 0) is 9.59 Å². The van der Waals surface area contributed by atoms with Crippen LogP contribution >= 0.6 is 0 Å². The molecule has 100 valence electrons. The SMILES string of the molecule is O=C(O)[C@H]1C[C@H]1C(=O)Nc1cc(F)cc([N+](=O)[O-])c1. The van der Waals surface area contributed by atoms with Crippen molar-refractivity contribution < 1.29 is 24.0 Å². The first-order chi connectivity index (χ1) is 8.88. The van der Waals surface area contributed by atoms with Crippen molar-refractivity contribution in [2.24, 2.45) is 11.8 Å². The van der Waals surface area contributed by atoms with Gasteiger partial charge in [0.1, 0.15) is 5.82 Å². The highest BCUT2D eigenvalue weighted by molar-refractivity contribution is 5.98. The summed E-state index contributed by atoms with van der Waals surface area (Å²) < 4.78 is 13.1. The lowest BCUT2D eigenvalue weighted by molar-refractivity contribution is -0.385. The lowest BCUT2D eigenvalue weighted by atomic mass is 10.2. The molecule has 1 aliphatic carbocycles. The minimum absolute atomic E-state index is 0.0623. The number of rotatable bonds is 4. The molecule has 0 bridgehead atoms. The van der Waals surface area contributed by atoms with Gasteiger partial charge < -0.3 is 10.4 Å². The minimum Gasteiger partial charge on any atom is -0.481 e. The number of benzene rings is 1. The van der Waals surface area contributed by atoms with Gasteiger partial charge in [0, 0.05) is 6.07 Å². The maximum absolute atomic E-state index is 13.1. The summed E-state index contributed by atoms with van der Waals surface area (Å²) in [5, 5.41) is 21.5. The third-order valence-corrected chi connectivity index (χ3v) is 2.81. The Morgan fingerprint density at radius 2 is 2.05 bits per heavy atom. The number of aliphatic carboxylic acids is 1. The minimum atomic E-state index is -1.06. The molecule has 2 rings (SSSR count). The van der Waals surface area contributed by atoms with E-state index in [2.05, 4.69) is 5.32 Å². The highest BCUT2D eigenvalue weighted by Gasteiger charge is 2.48. The van der Waals surface area contributed by atoms with Gasteiger partial charge in [-0.25, -0.2) is 4.39 Å². The van der Waals surface area contributed by atoms with Gasteiger partial charge in [-0.1, -0.05) is 0 Å². The van der Waals surface area contributed by atoms with Crippen molar-refractivity contribution in [1.29, 1.82) is 0 Å². The van der Waals surface area contributed by atoms with Crippen LogP contribution in [0.5, 0.6) is 0 Å².